The number of nitrogens with zero attached hydrogens (tertiary/aromatic N) is 1. The van der Waals surface area contributed by atoms with Gasteiger partial charge in [-0.1, -0.05) is 0 Å². The maximum absolute atomic E-state index is 11.1. The molecule has 0 aliphatic rings. The molecule has 0 saturated heterocycles. The van der Waals surface area contributed by atoms with Crippen molar-refractivity contribution in [2.75, 3.05) is 6.26 Å². The van der Waals surface area contributed by atoms with Crippen LogP contribution in [0.1, 0.15) is 0 Å². The standard InChI is InChI=1S/C8H8N2O2S/c1-13(11,12)6-4-8-7(10-5-6)2-3-9-8/h2-5,9H,1H3. The van der Waals surface area contributed by atoms with E-state index in [1.165, 1.54) is 12.5 Å². The van der Waals surface area contributed by atoms with Gasteiger partial charge in [-0.25, -0.2) is 8.42 Å². The zero-order chi connectivity index (χ0) is 9.47. The van der Waals surface area contributed by atoms with Crippen molar-refractivity contribution in [3.8, 4) is 0 Å². The predicted octanol–water partition coefficient (Wildman–Crippen LogP) is 0.966. The van der Waals surface area contributed by atoms with E-state index >= 15 is 0 Å². The van der Waals surface area contributed by atoms with Crippen LogP contribution < -0.4 is 0 Å². The summed E-state index contributed by atoms with van der Waals surface area (Å²) >= 11 is 0. The summed E-state index contributed by atoms with van der Waals surface area (Å²) in [5, 5.41) is 0. The van der Waals surface area contributed by atoms with Crippen LogP contribution in [0.15, 0.2) is 29.4 Å². The predicted molar refractivity (Wildman–Crippen MR) is 49.2 cm³/mol. The molecule has 0 aromatic carbocycles. The lowest BCUT2D eigenvalue weighted by Crippen LogP contribution is -1.97. The van der Waals surface area contributed by atoms with E-state index in [9.17, 15) is 8.42 Å². The van der Waals surface area contributed by atoms with E-state index < -0.39 is 9.84 Å². The minimum Gasteiger partial charge on any atom is -0.360 e. The maximum atomic E-state index is 11.1. The summed E-state index contributed by atoms with van der Waals surface area (Å²) in [5.74, 6) is 0. The smallest absolute Gasteiger partial charge is 0.177 e. The highest BCUT2D eigenvalue weighted by Gasteiger charge is 2.08. The second kappa shape index (κ2) is 2.56. The van der Waals surface area contributed by atoms with Crippen LogP contribution in [-0.4, -0.2) is 24.6 Å². The highest BCUT2D eigenvalue weighted by molar-refractivity contribution is 7.90. The van der Waals surface area contributed by atoms with Crippen LogP contribution in [0.5, 0.6) is 0 Å². The average molecular weight is 196 g/mol. The van der Waals surface area contributed by atoms with E-state index in [4.69, 9.17) is 0 Å². The first-order valence-corrected chi connectivity index (χ1v) is 5.60. The fraction of sp³-hybridized carbons (Fsp3) is 0.125. The number of sulfone groups is 1. The van der Waals surface area contributed by atoms with Crippen LogP contribution in [0.3, 0.4) is 0 Å². The molecule has 2 aromatic rings. The zero-order valence-electron chi connectivity index (χ0n) is 6.98. The summed E-state index contributed by atoms with van der Waals surface area (Å²) < 4.78 is 22.3. The quantitative estimate of drug-likeness (QED) is 0.739. The van der Waals surface area contributed by atoms with Gasteiger partial charge in [0.25, 0.3) is 0 Å². The van der Waals surface area contributed by atoms with Crippen molar-refractivity contribution in [3.63, 3.8) is 0 Å². The number of aromatic nitrogens is 2. The van der Waals surface area contributed by atoms with Crippen LogP contribution >= 0.6 is 0 Å². The van der Waals surface area contributed by atoms with Crippen molar-refractivity contribution in [2.24, 2.45) is 0 Å². The number of H-pyrrole nitrogens is 1. The van der Waals surface area contributed by atoms with Crippen LogP contribution in [-0.2, 0) is 9.84 Å². The molecule has 0 unspecified atom stereocenters. The third-order valence-electron chi connectivity index (χ3n) is 1.80. The van der Waals surface area contributed by atoms with Crippen LogP contribution in [0, 0.1) is 0 Å². The number of pyridine rings is 1. The molecule has 0 spiro atoms. The van der Waals surface area contributed by atoms with E-state index in [1.807, 2.05) is 0 Å². The Morgan fingerprint density at radius 3 is 2.92 bits per heavy atom. The Balaban J connectivity index is 2.75. The molecule has 68 valence electrons. The van der Waals surface area contributed by atoms with Crippen molar-refractivity contribution in [1.82, 2.24) is 9.97 Å². The lowest BCUT2D eigenvalue weighted by molar-refractivity contribution is 0.601. The lowest BCUT2D eigenvalue weighted by atomic mass is 10.4. The normalized spacial score (nSPS) is 12.1. The van der Waals surface area contributed by atoms with Gasteiger partial charge in [0.1, 0.15) is 0 Å². The van der Waals surface area contributed by atoms with Gasteiger partial charge < -0.3 is 4.98 Å². The Morgan fingerprint density at radius 2 is 2.23 bits per heavy atom. The summed E-state index contributed by atoms with van der Waals surface area (Å²) in [5.41, 5.74) is 1.51. The second-order valence-corrected chi connectivity index (χ2v) is 4.87. The molecule has 0 aliphatic heterocycles. The first kappa shape index (κ1) is 8.25. The topological polar surface area (TPSA) is 62.8 Å². The second-order valence-electron chi connectivity index (χ2n) is 2.85. The molecule has 0 saturated carbocycles. The van der Waals surface area contributed by atoms with Gasteiger partial charge in [0.15, 0.2) is 9.84 Å². The van der Waals surface area contributed by atoms with E-state index in [2.05, 4.69) is 9.97 Å². The van der Waals surface area contributed by atoms with Gasteiger partial charge in [-0.05, 0) is 12.1 Å². The number of nitrogens with one attached hydrogen (secondary N) is 1. The molecule has 0 amide bonds. The number of fused-ring (bicyclic) bond motifs is 1. The highest BCUT2D eigenvalue weighted by atomic mass is 32.2. The molecule has 2 heterocycles. The monoisotopic (exact) mass is 196 g/mol. The number of rotatable bonds is 1. The van der Waals surface area contributed by atoms with Gasteiger partial charge >= 0.3 is 0 Å². The largest absolute Gasteiger partial charge is 0.360 e. The van der Waals surface area contributed by atoms with Crippen LogP contribution in [0.4, 0.5) is 0 Å². The molecule has 13 heavy (non-hydrogen) atoms. The summed E-state index contributed by atoms with van der Waals surface area (Å²) in [6.07, 6.45) is 4.26. The fourth-order valence-electron chi connectivity index (χ4n) is 1.12. The van der Waals surface area contributed by atoms with Crippen LogP contribution in [0.2, 0.25) is 0 Å². The molecule has 4 nitrogen and oxygen atoms in total. The van der Waals surface area contributed by atoms with Gasteiger partial charge in [-0.3, -0.25) is 4.98 Å². The zero-order valence-corrected chi connectivity index (χ0v) is 7.80. The SMILES string of the molecule is CS(=O)(=O)c1cnc2cc[nH]c2c1. The van der Waals surface area contributed by atoms with Crippen molar-refractivity contribution in [3.05, 3.63) is 24.5 Å². The van der Waals surface area contributed by atoms with Gasteiger partial charge in [0, 0.05) is 18.6 Å². The molecular weight excluding hydrogens is 188 g/mol. The van der Waals surface area contributed by atoms with Gasteiger partial charge in [-0.2, -0.15) is 0 Å². The molecular formula is C8H8N2O2S. The average Bonchev–Trinajstić information content (AvgIpc) is 2.47. The molecule has 0 bridgehead atoms. The van der Waals surface area contributed by atoms with Crippen molar-refractivity contribution < 1.29 is 8.42 Å². The van der Waals surface area contributed by atoms with E-state index in [-0.39, 0.29) is 4.90 Å². The van der Waals surface area contributed by atoms with E-state index in [0.717, 1.165) is 11.0 Å². The van der Waals surface area contributed by atoms with Gasteiger partial charge in [0.05, 0.1) is 15.9 Å². The Hall–Kier alpha value is -1.36. The lowest BCUT2D eigenvalue weighted by Gasteiger charge is -1.96. The first-order valence-electron chi connectivity index (χ1n) is 3.70. The summed E-state index contributed by atoms with van der Waals surface area (Å²) in [4.78, 5) is 7.14. The van der Waals surface area contributed by atoms with Crippen molar-refractivity contribution in [1.29, 1.82) is 0 Å². The Morgan fingerprint density at radius 1 is 1.46 bits per heavy atom. The van der Waals surface area contributed by atoms with Gasteiger partial charge in [-0.15, -0.1) is 0 Å². The van der Waals surface area contributed by atoms with E-state index in [1.54, 1.807) is 18.3 Å². The molecule has 0 aliphatic carbocycles. The Kier molecular flexibility index (Phi) is 1.63. The molecule has 1 N–H and O–H groups in total. The number of aromatic amines is 1. The molecule has 0 atom stereocenters. The van der Waals surface area contributed by atoms with Crippen molar-refractivity contribution >= 4 is 20.9 Å². The van der Waals surface area contributed by atoms with Crippen LogP contribution in [0.25, 0.3) is 11.0 Å². The Labute approximate surface area is 75.5 Å². The molecule has 2 aromatic heterocycles. The third-order valence-corrected chi connectivity index (χ3v) is 2.88. The van der Waals surface area contributed by atoms with E-state index in [0.29, 0.717) is 0 Å². The molecule has 0 fully saturated rings. The molecule has 0 radical (unpaired) electrons. The third kappa shape index (κ3) is 1.42. The number of hydrogen-bond acceptors (Lipinski definition) is 3. The molecule has 5 heteroatoms. The molecule has 2 rings (SSSR count). The fourth-order valence-corrected chi connectivity index (χ4v) is 1.69. The van der Waals surface area contributed by atoms with Crippen molar-refractivity contribution in [2.45, 2.75) is 4.90 Å². The minimum absolute atomic E-state index is 0.238. The summed E-state index contributed by atoms with van der Waals surface area (Å²) in [6, 6.07) is 3.37. The maximum Gasteiger partial charge on any atom is 0.177 e. The summed E-state index contributed by atoms with van der Waals surface area (Å²) in [7, 11) is -3.15. The number of hydrogen-bond donors (Lipinski definition) is 1. The Bertz CT molecular complexity index is 542. The summed E-state index contributed by atoms with van der Waals surface area (Å²) in [6.45, 7) is 0. The highest BCUT2D eigenvalue weighted by Crippen LogP contribution is 2.14. The van der Waals surface area contributed by atoms with Gasteiger partial charge in [0.2, 0.25) is 0 Å². The minimum atomic E-state index is -3.15. The first-order chi connectivity index (χ1) is 6.07.